The molecule has 2 atom stereocenters. The van der Waals surface area contributed by atoms with Crippen LogP contribution in [-0.2, 0) is 22.4 Å². The summed E-state index contributed by atoms with van der Waals surface area (Å²) in [6.45, 7) is 1.62. The highest BCUT2D eigenvalue weighted by molar-refractivity contribution is 5.92. The molecule has 24 heavy (non-hydrogen) atoms. The first-order valence-corrected chi connectivity index (χ1v) is 7.86. The number of amides is 2. The molecule has 5 nitrogen and oxygen atoms in total. The lowest BCUT2D eigenvalue weighted by Gasteiger charge is -2.29. The van der Waals surface area contributed by atoms with Crippen LogP contribution in [0.1, 0.15) is 18.1 Å². The van der Waals surface area contributed by atoms with Gasteiger partial charge in [-0.05, 0) is 24.5 Å². The summed E-state index contributed by atoms with van der Waals surface area (Å²) >= 11 is 0. The maximum Gasteiger partial charge on any atom is 0.243 e. The Hall–Kier alpha value is -2.66. The van der Waals surface area contributed by atoms with Gasteiger partial charge in [0.1, 0.15) is 5.54 Å². The number of carbonyl (C=O) groups is 2. The smallest absolute Gasteiger partial charge is 0.243 e. The summed E-state index contributed by atoms with van der Waals surface area (Å²) in [6.07, 6.45) is 0.708. The van der Waals surface area contributed by atoms with Crippen LogP contribution in [0.5, 0.6) is 0 Å². The van der Waals surface area contributed by atoms with Gasteiger partial charge >= 0.3 is 0 Å². The van der Waals surface area contributed by atoms with Crippen LogP contribution in [0, 0.1) is 0 Å². The van der Waals surface area contributed by atoms with Crippen LogP contribution in [0.25, 0.3) is 0 Å². The highest BCUT2D eigenvalue weighted by Crippen LogP contribution is 2.14. The van der Waals surface area contributed by atoms with E-state index in [1.807, 2.05) is 60.7 Å². The third-order valence-corrected chi connectivity index (χ3v) is 3.98. The summed E-state index contributed by atoms with van der Waals surface area (Å²) in [5.74, 6) is -0.984. The number of benzene rings is 2. The van der Waals surface area contributed by atoms with Crippen LogP contribution in [0.2, 0.25) is 0 Å². The normalized spacial score (nSPS) is 14.4. The summed E-state index contributed by atoms with van der Waals surface area (Å²) in [4.78, 5) is 24.3. The Morgan fingerprint density at radius 3 is 2.00 bits per heavy atom. The van der Waals surface area contributed by atoms with Gasteiger partial charge < -0.3 is 16.8 Å². The molecule has 5 N–H and O–H groups in total. The molecule has 0 aliphatic heterocycles. The van der Waals surface area contributed by atoms with E-state index in [2.05, 4.69) is 5.32 Å². The number of nitrogens with one attached hydrogen (secondary N) is 1. The lowest BCUT2D eigenvalue weighted by molar-refractivity contribution is -0.131. The molecule has 0 saturated heterocycles. The Morgan fingerprint density at radius 1 is 1.00 bits per heavy atom. The second kappa shape index (κ2) is 7.75. The maximum atomic E-state index is 12.4. The first-order chi connectivity index (χ1) is 11.4. The van der Waals surface area contributed by atoms with Gasteiger partial charge in [0.2, 0.25) is 11.8 Å². The van der Waals surface area contributed by atoms with E-state index in [9.17, 15) is 9.59 Å². The number of hydrogen-bond acceptors (Lipinski definition) is 3. The number of primary amides is 1. The van der Waals surface area contributed by atoms with Crippen LogP contribution in [0.15, 0.2) is 60.7 Å². The standard InChI is InChI=1S/C19H23N3O2/c1-19(18(21)24,13-15-10-6-3-7-11-15)22-17(23)16(20)12-14-8-4-2-5-9-14/h2-11,16H,12-13,20H2,1H3,(H2,21,24)(H,22,23)/t16-,19-/m0/s1. The van der Waals surface area contributed by atoms with E-state index in [0.29, 0.717) is 12.8 Å². The molecule has 2 aromatic rings. The lowest BCUT2D eigenvalue weighted by atomic mass is 9.91. The van der Waals surface area contributed by atoms with Crippen LogP contribution in [0.3, 0.4) is 0 Å². The molecule has 0 bridgehead atoms. The monoisotopic (exact) mass is 325 g/mol. The highest BCUT2D eigenvalue weighted by Gasteiger charge is 2.34. The molecule has 0 aliphatic rings. The molecule has 2 aromatic carbocycles. The van der Waals surface area contributed by atoms with Gasteiger partial charge in [0.05, 0.1) is 6.04 Å². The molecule has 0 saturated carbocycles. The van der Waals surface area contributed by atoms with Gasteiger partial charge in [0.25, 0.3) is 0 Å². The van der Waals surface area contributed by atoms with Crippen molar-refractivity contribution in [3.63, 3.8) is 0 Å². The molecule has 126 valence electrons. The molecule has 2 amide bonds. The molecule has 0 aliphatic carbocycles. The zero-order chi connectivity index (χ0) is 17.6. The van der Waals surface area contributed by atoms with Gasteiger partial charge in [-0.2, -0.15) is 0 Å². The summed E-state index contributed by atoms with van der Waals surface area (Å²) in [5, 5.41) is 2.72. The van der Waals surface area contributed by atoms with Crippen LogP contribution in [0.4, 0.5) is 0 Å². The summed E-state index contributed by atoms with van der Waals surface area (Å²) in [5.41, 5.74) is 12.2. The van der Waals surface area contributed by atoms with Gasteiger partial charge in [-0.15, -0.1) is 0 Å². The third kappa shape index (κ3) is 4.67. The molecule has 0 radical (unpaired) electrons. The Morgan fingerprint density at radius 2 is 1.50 bits per heavy atom. The van der Waals surface area contributed by atoms with E-state index in [4.69, 9.17) is 11.5 Å². The zero-order valence-electron chi connectivity index (χ0n) is 13.7. The zero-order valence-corrected chi connectivity index (χ0v) is 13.7. The van der Waals surface area contributed by atoms with E-state index < -0.39 is 23.4 Å². The topological polar surface area (TPSA) is 98.2 Å². The molecule has 0 spiro atoms. The van der Waals surface area contributed by atoms with Crippen molar-refractivity contribution < 1.29 is 9.59 Å². The average molecular weight is 325 g/mol. The fraction of sp³-hybridized carbons (Fsp3) is 0.263. The predicted octanol–water partition coefficient (Wildman–Crippen LogP) is 1.16. The summed E-state index contributed by atoms with van der Waals surface area (Å²) in [6, 6.07) is 18.2. The Labute approximate surface area is 142 Å². The molecule has 0 heterocycles. The number of nitrogens with two attached hydrogens (primary N) is 2. The second-order valence-electron chi connectivity index (χ2n) is 6.14. The van der Waals surface area contributed by atoms with Crippen LogP contribution < -0.4 is 16.8 Å². The van der Waals surface area contributed by atoms with Crippen LogP contribution >= 0.6 is 0 Å². The van der Waals surface area contributed by atoms with Gasteiger partial charge in [0, 0.05) is 6.42 Å². The van der Waals surface area contributed by atoms with Crippen molar-refractivity contribution in [2.75, 3.05) is 0 Å². The van der Waals surface area contributed by atoms with Crippen molar-refractivity contribution in [3.8, 4) is 0 Å². The minimum absolute atomic E-state index is 0.312. The molecular formula is C19H23N3O2. The molecule has 2 rings (SSSR count). The molecule has 0 fully saturated rings. The van der Waals surface area contributed by atoms with Crippen molar-refractivity contribution in [1.29, 1.82) is 0 Å². The van der Waals surface area contributed by atoms with Crippen molar-refractivity contribution in [1.82, 2.24) is 5.32 Å². The van der Waals surface area contributed by atoms with E-state index in [0.717, 1.165) is 11.1 Å². The largest absolute Gasteiger partial charge is 0.368 e. The molecular weight excluding hydrogens is 302 g/mol. The van der Waals surface area contributed by atoms with Crippen molar-refractivity contribution in [3.05, 3.63) is 71.8 Å². The maximum absolute atomic E-state index is 12.4. The number of carbonyl (C=O) groups excluding carboxylic acids is 2. The average Bonchev–Trinajstić information content (AvgIpc) is 2.56. The molecule has 0 unspecified atom stereocenters. The summed E-state index contributed by atoms with van der Waals surface area (Å²) < 4.78 is 0. The summed E-state index contributed by atoms with van der Waals surface area (Å²) in [7, 11) is 0. The fourth-order valence-corrected chi connectivity index (χ4v) is 2.52. The lowest BCUT2D eigenvalue weighted by Crippen LogP contribution is -2.60. The fourth-order valence-electron chi connectivity index (χ4n) is 2.52. The van der Waals surface area contributed by atoms with Gasteiger partial charge in [0.15, 0.2) is 0 Å². The Bertz CT molecular complexity index is 688. The van der Waals surface area contributed by atoms with E-state index in [1.54, 1.807) is 6.92 Å². The second-order valence-corrected chi connectivity index (χ2v) is 6.14. The quantitative estimate of drug-likeness (QED) is 0.712. The minimum Gasteiger partial charge on any atom is -0.368 e. The van der Waals surface area contributed by atoms with E-state index in [1.165, 1.54) is 0 Å². The first-order valence-electron chi connectivity index (χ1n) is 7.86. The van der Waals surface area contributed by atoms with Crippen molar-refractivity contribution >= 4 is 11.8 Å². The van der Waals surface area contributed by atoms with Crippen molar-refractivity contribution in [2.45, 2.75) is 31.3 Å². The van der Waals surface area contributed by atoms with Gasteiger partial charge in [-0.25, -0.2) is 0 Å². The number of rotatable bonds is 7. The van der Waals surface area contributed by atoms with E-state index >= 15 is 0 Å². The minimum atomic E-state index is -1.19. The Kier molecular flexibility index (Phi) is 5.71. The SMILES string of the molecule is C[C@@](Cc1ccccc1)(NC(=O)[C@@H](N)Cc1ccccc1)C(N)=O. The van der Waals surface area contributed by atoms with Gasteiger partial charge in [-0.1, -0.05) is 60.7 Å². The third-order valence-electron chi connectivity index (χ3n) is 3.98. The molecule has 5 heteroatoms. The predicted molar refractivity (Wildman–Crippen MR) is 94.0 cm³/mol. The van der Waals surface area contributed by atoms with E-state index in [-0.39, 0.29) is 0 Å². The van der Waals surface area contributed by atoms with Crippen LogP contribution in [-0.4, -0.2) is 23.4 Å². The Balaban J connectivity index is 2.06. The first kappa shape index (κ1) is 17.7. The molecule has 0 aromatic heterocycles. The number of hydrogen-bond donors (Lipinski definition) is 3. The van der Waals surface area contributed by atoms with Crippen molar-refractivity contribution in [2.24, 2.45) is 11.5 Å². The van der Waals surface area contributed by atoms with Gasteiger partial charge in [-0.3, -0.25) is 9.59 Å². The highest BCUT2D eigenvalue weighted by atomic mass is 16.2.